The lowest BCUT2D eigenvalue weighted by Gasteiger charge is -2.19. The van der Waals surface area contributed by atoms with Gasteiger partial charge in [0.15, 0.2) is 0 Å². The van der Waals surface area contributed by atoms with E-state index in [-0.39, 0.29) is 30.2 Å². The molecule has 0 spiro atoms. The fourth-order valence-corrected chi connectivity index (χ4v) is 2.76. The van der Waals surface area contributed by atoms with Crippen LogP contribution in [0.15, 0.2) is 24.3 Å². The van der Waals surface area contributed by atoms with Crippen molar-refractivity contribution in [1.82, 2.24) is 5.32 Å². The van der Waals surface area contributed by atoms with Gasteiger partial charge in [-0.2, -0.15) is 0 Å². The van der Waals surface area contributed by atoms with Crippen molar-refractivity contribution >= 4 is 11.9 Å². The predicted octanol–water partition coefficient (Wildman–Crippen LogP) is 2.39. The lowest BCUT2D eigenvalue weighted by atomic mass is 9.86. The molecular weight excluding hydrogens is 242 g/mol. The molecule has 1 aliphatic carbocycles. The van der Waals surface area contributed by atoms with Gasteiger partial charge >= 0.3 is 5.97 Å². The molecule has 1 atom stereocenters. The van der Waals surface area contributed by atoms with Crippen LogP contribution in [0.1, 0.15) is 50.3 Å². The SMILES string of the molecule is CC1(C)CC(NC(=O)CCC(=O)O)c2ccccc21. The van der Waals surface area contributed by atoms with E-state index in [2.05, 4.69) is 25.2 Å². The molecule has 0 fully saturated rings. The van der Waals surface area contributed by atoms with E-state index in [1.165, 1.54) is 5.56 Å². The normalized spacial score (nSPS) is 19.8. The van der Waals surface area contributed by atoms with Crippen molar-refractivity contribution < 1.29 is 14.7 Å². The molecule has 1 amide bonds. The standard InChI is InChI=1S/C15H19NO3/c1-15(2)9-12(10-5-3-4-6-11(10)15)16-13(17)7-8-14(18)19/h3-6,12H,7-9H2,1-2H3,(H,16,17)(H,18,19). The van der Waals surface area contributed by atoms with E-state index < -0.39 is 5.97 Å². The van der Waals surface area contributed by atoms with Crippen molar-refractivity contribution in [3.63, 3.8) is 0 Å². The van der Waals surface area contributed by atoms with Crippen LogP contribution in [0.5, 0.6) is 0 Å². The summed E-state index contributed by atoms with van der Waals surface area (Å²) in [7, 11) is 0. The quantitative estimate of drug-likeness (QED) is 0.874. The summed E-state index contributed by atoms with van der Waals surface area (Å²) in [4.78, 5) is 22.2. The van der Waals surface area contributed by atoms with Gasteiger partial charge in [-0.1, -0.05) is 38.1 Å². The number of hydrogen-bond donors (Lipinski definition) is 2. The van der Waals surface area contributed by atoms with Gasteiger partial charge in [0.25, 0.3) is 0 Å². The van der Waals surface area contributed by atoms with Gasteiger partial charge in [-0.15, -0.1) is 0 Å². The molecule has 1 aliphatic rings. The predicted molar refractivity (Wildman–Crippen MR) is 71.8 cm³/mol. The summed E-state index contributed by atoms with van der Waals surface area (Å²) in [5.74, 6) is -1.14. The highest BCUT2D eigenvalue weighted by Gasteiger charge is 2.36. The maximum Gasteiger partial charge on any atom is 0.303 e. The molecule has 0 aromatic heterocycles. The van der Waals surface area contributed by atoms with Gasteiger partial charge in [-0.25, -0.2) is 0 Å². The first-order chi connectivity index (χ1) is 8.90. The van der Waals surface area contributed by atoms with Gasteiger partial charge in [0.05, 0.1) is 12.5 Å². The van der Waals surface area contributed by atoms with Crippen LogP contribution in [0.2, 0.25) is 0 Å². The molecular formula is C15H19NO3. The number of nitrogens with one attached hydrogen (secondary N) is 1. The second kappa shape index (κ2) is 5.03. The van der Waals surface area contributed by atoms with E-state index >= 15 is 0 Å². The summed E-state index contributed by atoms with van der Waals surface area (Å²) < 4.78 is 0. The third-order valence-corrected chi connectivity index (χ3v) is 3.68. The summed E-state index contributed by atoms with van der Waals surface area (Å²) in [5.41, 5.74) is 2.45. The molecule has 2 N–H and O–H groups in total. The summed E-state index contributed by atoms with van der Waals surface area (Å²) in [6.45, 7) is 4.32. The number of carbonyl (C=O) groups excluding carboxylic acids is 1. The van der Waals surface area contributed by atoms with Crippen molar-refractivity contribution in [3.8, 4) is 0 Å². The Morgan fingerprint density at radius 1 is 1.32 bits per heavy atom. The van der Waals surface area contributed by atoms with E-state index in [1.54, 1.807) is 0 Å². The highest BCUT2D eigenvalue weighted by molar-refractivity contribution is 5.81. The molecule has 1 unspecified atom stereocenters. The molecule has 102 valence electrons. The monoisotopic (exact) mass is 261 g/mol. The Kier molecular flexibility index (Phi) is 3.60. The Morgan fingerprint density at radius 2 is 2.00 bits per heavy atom. The molecule has 0 saturated carbocycles. The van der Waals surface area contributed by atoms with Gasteiger partial charge in [-0.3, -0.25) is 9.59 Å². The summed E-state index contributed by atoms with van der Waals surface area (Å²) in [5, 5.41) is 11.5. The number of carbonyl (C=O) groups is 2. The molecule has 0 bridgehead atoms. The Balaban J connectivity index is 2.07. The zero-order valence-corrected chi connectivity index (χ0v) is 11.3. The fourth-order valence-electron chi connectivity index (χ4n) is 2.76. The third-order valence-electron chi connectivity index (χ3n) is 3.68. The topological polar surface area (TPSA) is 66.4 Å². The fraction of sp³-hybridized carbons (Fsp3) is 0.467. The smallest absolute Gasteiger partial charge is 0.303 e. The first-order valence-electron chi connectivity index (χ1n) is 6.51. The number of benzene rings is 1. The number of aliphatic carboxylic acids is 1. The molecule has 1 aromatic rings. The van der Waals surface area contributed by atoms with Gasteiger partial charge in [0, 0.05) is 6.42 Å². The maximum atomic E-state index is 11.7. The van der Waals surface area contributed by atoms with Crippen LogP contribution >= 0.6 is 0 Å². The highest BCUT2D eigenvalue weighted by atomic mass is 16.4. The zero-order chi connectivity index (χ0) is 14.0. The van der Waals surface area contributed by atoms with E-state index in [0.29, 0.717) is 0 Å². The second-order valence-electron chi connectivity index (χ2n) is 5.69. The van der Waals surface area contributed by atoms with E-state index in [9.17, 15) is 9.59 Å². The molecule has 0 aliphatic heterocycles. The van der Waals surface area contributed by atoms with Gasteiger partial charge in [0.1, 0.15) is 0 Å². The van der Waals surface area contributed by atoms with Crippen molar-refractivity contribution in [2.75, 3.05) is 0 Å². The molecule has 1 aromatic carbocycles. The van der Waals surface area contributed by atoms with Crippen molar-refractivity contribution in [2.45, 2.75) is 44.6 Å². The zero-order valence-electron chi connectivity index (χ0n) is 11.3. The van der Waals surface area contributed by atoms with Crippen LogP contribution in [0.25, 0.3) is 0 Å². The van der Waals surface area contributed by atoms with Crippen LogP contribution in [0, 0.1) is 0 Å². The average molecular weight is 261 g/mol. The minimum absolute atomic E-state index is 0.00695. The van der Waals surface area contributed by atoms with E-state index in [0.717, 1.165) is 12.0 Å². The van der Waals surface area contributed by atoms with Crippen molar-refractivity contribution in [1.29, 1.82) is 0 Å². The minimum Gasteiger partial charge on any atom is -0.481 e. The average Bonchev–Trinajstić information content (AvgIpc) is 2.59. The molecule has 4 nitrogen and oxygen atoms in total. The molecule has 19 heavy (non-hydrogen) atoms. The largest absolute Gasteiger partial charge is 0.481 e. The number of amides is 1. The second-order valence-corrected chi connectivity index (χ2v) is 5.69. The maximum absolute atomic E-state index is 11.7. The lowest BCUT2D eigenvalue weighted by Crippen LogP contribution is -2.28. The summed E-state index contributed by atoms with van der Waals surface area (Å²) in [6.07, 6.45) is 0.767. The van der Waals surface area contributed by atoms with E-state index in [1.807, 2.05) is 18.2 Å². The van der Waals surface area contributed by atoms with Gasteiger partial charge < -0.3 is 10.4 Å². The first-order valence-corrected chi connectivity index (χ1v) is 6.51. The molecule has 0 radical (unpaired) electrons. The molecule has 4 heteroatoms. The summed E-state index contributed by atoms with van der Waals surface area (Å²) >= 11 is 0. The Labute approximate surface area is 112 Å². The summed E-state index contributed by atoms with van der Waals surface area (Å²) in [6, 6.07) is 8.10. The molecule has 2 rings (SSSR count). The first kappa shape index (κ1) is 13.6. The lowest BCUT2D eigenvalue weighted by molar-refractivity contribution is -0.138. The molecule has 0 heterocycles. The number of carboxylic acid groups (broad SMARTS) is 1. The third kappa shape index (κ3) is 2.95. The van der Waals surface area contributed by atoms with Gasteiger partial charge in [0.2, 0.25) is 5.91 Å². The minimum atomic E-state index is -0.942. The highest BCUT2D eigenvalue weighted by Crippen LogP contribution is 2.44. The van der Waals surface area contributed by atoms with Crippen LogP contribution in [0.4, 0.5) is 0 Å². The number of hydrogen-bond acceptors (Lipinski definition) is 2. The molecule has 0 saturated heterocycles. The van der Waals surface area contributed by atoms with Crippen LogP contribution in [0.3, 0.4) is 0 Å². The number of fused-ring (bicyclic) bond motifs is 1. The van der Waals surface area contributed by atoms with Crippen LogP contribution in [-0.2, 0) is 15.0 Å². The van der Waals surface area contributed by atoms with Crippen molar-refractivity contribution in [3.05, 3.63) is 35.4 Å². The van der Waals surface area contributed by atoms with Crippen LogP contribution < -0.4 is 5.32 Å². The Bertz CT molecular complexity index is 508. The van der Waals surface area contributed by atoms with Crippen molar-refractivity contribution in [2.24, 2.45) is 0 Å². The number of carboxylic acids is 1. The Hall–Kier alpha value is -1.84. The van der Waals surface area contributed by atoms with E-state index in [4.69, 9.17) is 5.11 Å². The Morgan fingerprint density at radius 3 is 2.68 bits per heavy atom. The van der Waals surface area contributed by atoms with Crippen LogP contribution in [-0.4, -0.2) is 17.0 Å². The number of rotatable bonds is 4. The van der Waals surface area contributed by atoms with Gasteiger partial charge in [-0.05, 0) is 23.0 Å².